The van der Waals surface area contributed by atoms with Crippen LogP contribution in [0.4, 0.5) is 0 Å². The lowest BCUT2D eigenvalue weighted by Crippen LogP contribution is -1.90. The van der Waals surface area contributed by atoms with E-state index in [1.807, 2.05) is 11.3 Å². The standard InChI is InChI=1S/C12H11NS/c1-2-6-11-9(4-1)8-12(14-11)10-5-3-7-13-10/h1-2,4,6,8H,3,5,7H2. The quantitative estimate of drug-likeness (QED) is 0.669. The zero-order valence-corrected chi connectivity index (χ0v) is 8.68. The summed E-state index contributed by atoms with van der Waals surface area (Å²) in [5, 5.41) is 1.35. The van der Waals surface area contributed by atoms with Crippen molar-refractivity contribution in [2.75, 3.05) is 6.54 Å². The predicted molar refractivity (Wildman–Crippen MR) is 62.5 cm³/mol. The van der Waals surface area contributed by atoms with Gasteiger partial charge in [-0.15, -0.1) is 11.3 Å². The Morgan fingerprint density at radius 3 is 2.93 bits per heavy atom. The van der Waals surface area contributed by atoms with Crippen LogP contribution >= 0.6 is 11.3 Å². The van der Waals surface area contributed by atoms with Crippen molar-refractivity contribution in [3.8, 4) is 0 Å². The van der Waals surface area contributed by atoms with Crippen molar-refractivity contribution in [3.63, 3.8) is 0 Å². The first-order valence-corrected chi connectivity index (χ1v) is 5.77. The average molecular weight is 201 g/mol. The monoisotopic (exact) mass is 201 g/mol. The molecule has 3 rings (SSSR count). The van der Waals surface area contributed by atoms with Gasteiger partial charge in [-0.3, -0.25) is 4.99 Å². The van der Waals surface area contributed by atoms with Crippen LogP contribution in [0.25, 0.3) is 10.1 Å². The molecule has 0 radical (unpaired) electrons. The van der Waals surface area contributed by atoms with Crippen LogP contribution in [0.15, 0.2) is 35.3 Å². The van der Waals surface area contributed by atoms with Crippen molar-refractivity contribution >= 4 is 27.1 Å². The molecule has 0 atom stereocenters. The van der Waals surface area contributed by atoms with Gasteiger partial charge in [-0.25, -0.2) is 0 Å². The molecule has 0 unspecified atom stereocenters. The molecule has 0 N–H and O–H groups in total. The molecule has 1 nitrogen and oxygen atoms in total. The number of aliphatic imine (C=N–C) groups is 1. The predicted octanol–water partition coefficient (Wildman–Crippen LogP) is 3.48. The molecule has 0 fully saturated rings. The fourth-order valence-corrected chi connectivity index (χ4v) is 2.96. The summed E-state index contributed by atoms with van der Waals surface area (Å²) in [5.74, 6) is 0. The van der Waals surface area contributed by atoms with Crippen LogP contribution < -0.4 is 0 Å². The molecule has 0 aliphatic carbocycles. The number of rotatable bonds is 1. The highest BCUT2D eigenvalue weighted by molar-refractivity contribution is 7.20. The Morgan fingerprint density at radius 1 is 1.21 bits per heavy atom. The first kappa shape index (κ1) is 8.18. The number of hydrogen-bond acceptors (Lipinski definition) is 2. The highest BCUT2D eigenvalue weighted by atomic mass is 32.1. The van der Waals surface area contributed by atoms with Crippen molar-refractivity contribution in [1.29, 1.82) is 0 Å². The zero-order chi connectivity index (χ0) is 9.38. The molecule has 0 saturated carbocycles. The normalized spacial score (nSPS) is 16.1. The lowest BCUT2D eigenvalue weighted by Gasteiger charge is -1.91. The molecule has 1 aliphatic heterocycles. The smallest absolute Gasteiger partial charge is 0.0521 e. The van der Waals surface area contributed by atoms with E-state index in [0.717, 1.165) is 13.0 Å². The molecule has 70 valence electrons. The number of nitrogens with zero attached hydrogens (tertiary/aromatic N) is 1. The van der Waals surface area contributed by atoms with Crippen LogP contribution in [0.5, 0.6) is 0 Å². The summed E-state index contributed by atoms with van der Waals surface area (Å²) in [6.45, 7) is 1.02. The van der Waals surface area contributed by atoms with Crippen LogP contribution in [0, 0.1) is 0 Å². The molecule has 14 heavy (non-hydrogen) atoms. The molecular formula is C12H11NS. The van der Waals surface area contributed by atoms with Crippen molar-refractivity contribution < 1.29 is 0 Å². The number of fused-ring (bicyclic) bond motifs is 1. The maximum atomic E-state index is 4.53. The molecule has 1 aromatic heterocycles. The highest BCUT2D eigenvalue weighted by Gasteiger charge is 2.11. The van der Waals surface area contributed by atoms with E-state index in [9.17, 15) is 0 Å². The Bertz CT molecular complexity index is 463. The van der Waals surface area contributed by atoms with Gasteiger partial charge in [-0.1, -0.05) is 18.2 Å². The van der Waals surface area contributed by atoms with Gasteiger partial charge in [-0.2, -0.15) is 0 Å². The van der Waals surface area contributed by atoms with Gasteiger partial charge in [0.25, 0.3) is 0 Å². The minimum atomic E-state index is 1.02. The van der Waals surface area contributed by atoms with E-state index in [0.29, 0.717) is 0 Å². The summed E-state index contributed by atoms with van der Waals surface area (Å²) in [6, 6.07) is 10.8. The summed E-state index contributed by atoms with van der Waals surface area (Å²) in [5.41, 5.74) is 1.31. The second kappa shape index (κ2) is 3.21. The molecule has 0 bridgehead atoms. The van der Waals surface area contributed by atoms with E-state index in [1.54, 1.807) is 0 Å². The Kier molecular flexibility index (Phi) is 1.88. The largest absolute Gasteiger partial charge is 0.288 e. The van der Waals surface area contributed by atoms with Gasteiger partial charge < -0.3 is 0 Å². The van der Waals surface area contributed by atoms with Gasteiger partial charge in [0.2, 0.25) is 0 Å². The van der Waals surface area contributed by atoms with E-state index >= 15 is 0 Å². The summed E-state index contributed by atoms with van der Waals surface area (Å²) in [6.07, 6.45) is 2.39. The maximum Gasteiger partial charge on any atom is 0.0521 e. The Hall–Kier alpha value is -1.15. The molecule has 2 aromatic rings. The minimum absolute atomic E-state index is 1.02. The summed E-state index contributed by atoms with van der Waals surface area (Å²) in [7, 11) is 0. The van der Waals surface area contributed by atoms with Crippen LogP contribution in [-0.2, 0) is 0 Å². The van der Waals surface area contributed by atoms with Crippen molar-refractivity contribution in [2.45, 2.75) is 12.8 Å². The zero-order valence-electron chi connectivity index (χ0n) is 7.86. The third-order valence-electron chi connectivity index (χ3n) is 2.58. The van der Waals surface area contributed by atoms with Crippen molar-refractivity contribution in [3.05, 3.63) is 35.2 Å². The molecular weight excluding hydrogens is 190 g/mol. The fourth-order valence-electron chi connectivity index (χ4n) is 1.86. The molecule has 0 saturated heterocycles. The van der Waals surface area contributed by atoms with Gasteiger partial charge in [0.15, 0.2) is 0 Å². The molecule has 1 aliphatic rings. The lowest BCUT2D eigenvalue weighted by atomic mass is 10.2. The van der Waals surface area contributed by atoms with Crippen LogP contribution in [-0.4, -0.2) is 12.3 Å². The average Bonchev–Trinajstić information content (AvgIpc) is 2.86. The van der Waals surface area contributed by atoms with Crippen molar-refractivity contribution in [2.24, 2.45) is 4.99 Å². The van der Waals surface area contributed by atoms with Crippen LogP contribution in [0.3, 0.4) is 0 Å². The first-order chi connectivity index (χ1) is 6.93. The lowest BCUT2D eigenvalue weighted by molar-refractivity contribution is 0.951. The number of hydrogen-bond donors (Lipinski definition) is 0. The molecule has 0 spiro atoms. The van der Waals surface area contributed by atoms with Gasteiger partial charge in [0.1, 0.15) is 0 Å². The number of benzene rings is 1. The Labute approximate surface area is 87.1 Å². The Morgan fingerprint density at radius 2 is 2.14 bits per heavy atom. The van der Waals surface area contributed by atoms with E-state index in [2.05, 4.69) is 35.3 Å². The molecule has 2 heterocycles. The minimum Gasteiger partial charge on any atom is -0.288 e. The van der Waals surface area contributed by atoms with Crippen LogP contribution in [0.2, 0.25) is 0 Å². The molecule has 1 aromatic carbocycles. The third kappa shape index (κ3) is 1.26. The van der Waals surface area contributed by atoms with Gasteiger partial charge >= 0.3 is 0 Å². The van der Waals surface area contributed by atoms with E-state index in [-0.39, 0.29) is 0 Å². The maximum absolute atomic E-state index is 4.53. The van der Waals surface area contributed by atoms with Gasteiger partial charge in [-0.05, 0) is 30.4 Å². The van der Waals surface area contributed by atoms with Crippen LogP contribution in [0.1, 0.15) is 17.7 Å². The second-order valence-electron chi connectivity index (χ2n) is 3.58. The number of thiophene rings is 1. The topological polar surface area (TPSA) is 12.4 Å². The van der Waals surface area contributed by atoms with E-state index in [1.165, 1.54) is 27.1 Å². The van der Waals surface area contributed by atoms with Crippen molar-refractivity contribution in [1.82, 2.24) is 0 Å². The summed E-state index contributed by atoms with van der Waals surface area (Å²) >= 11 is 1.86. The molecule has 2 heteroatoms. The SMILES string of the molecule is c1ccc2sc(C3=NCCC3)cc2c1. The summed E-state index contributed by atoms with van der Waals surface area (Å²) < 4.78 is 1.37. The van der Waals surface area contributed by atoms with Gasteiger partial charge in [0.05, 0.1) is 5.71 Å². The summed E-state index contributed by atoms with van der Waals surface area (Å²) in [4.78, 5) is 5.89. The third-order valence-corrected chi connectivity index (χ3v) is 3.75. The van der Waals surface area contributed by atoms with E-state index in [4.69, 9.17) is 0 Å². The van der Waals surface area contributed by atoms with E-state index < -0.39 is 0 Å². The fraction of sp³-hybridized carbons (Fsp3) is 0.250. The highest BCUT2D eigenvalue weighted by Crippen LogP contribution is 2.27. The molecule has 0 amide bonds. The van der Waals surface area contributed by atoms with Gasteiger partial charge in [0, 0.05) is 16.1 Å². The second-order valence-corrected chi connectivity index (χ2v) is 4.66. The Balaban J connectivity index is 2.14. The first-order valence-electron chi connectivity index (χ1n) is 4.96.